The lowest BCUT2D eigenvalue weighted by molar-refractivity contribution is 0.270. The van der Waals surface area contributed by atoms with Gasteiger partial charge >= 0.3 is 0 Å². The van der Waals surface area contributed by atoms with Crippen molar-refractivity contribution in [3.8, 4) is 0 Å². The van der Waals surface area contributed by atoms with E-state index in [1.807, 2.05) is 0 Å². The van der Waals surface area contributed by atoms with Gasteiger partial charge in [0.2, 0.25) is 0 Å². The highest BCUT2D eigenvalue weighted by Gasteiger charge is 2.17. The molecular weight excluding hydrogens is 276 g/mol. The first-order chi connectivity index (χ1) is 11.0. The molecule has 0 N–H and O–H groups in total. The quantitative estimate of drug-likeness (QED) is 0.419. The summed E-state index contributed by atoms with van der Waals surface area (Å²) in [5.41, 5.74) is 0.575. The molecule has 0 bridgehead atoms. The molecule has 0 heterocycles. The molecule has 1 fully saturated rings. The minimum Gasteiger partial charge on any atom is -0.0625 e. The maximum absolute atomic E-state index is 2.50. The molecule has 138 valence electrons. The Morgan fingerprint density at radius 2 is 0.826 bits per heavy atom. The summed E-state index contributed by atoms with van der Waals surface area (Å²) in [5, 5.41) is 0. The van der Waals surface area contributed by atoms with Crippen molar-refractivity contribution >= 4 is 0 Å². The van der Waals surface area contributed by atoms with Gasteiger partial charge in [-0.05, 0) is 30.1 Å². The summed E-state index contributed by atoms with van der Waals surface area (Å²) in [7, 11) is 0. The van der Waals surface area contributed by atoms with E-state index in [0.29, 0.717) is 5.41 Å². The first kappa shape index (κ1) is 21.0. The second kappa shape index (κ2) is 12.4. The molecule has 0 aliphatic heterocycles. The van der Waals surface area contributed by atoms with Crippen molar-refractivity contribution in [2.45, 2.75) is 130 Å². The Bertz CT molecular complexity index is 265. The van der Waals surface area contributed by atoms with Crippen molar-refractivity contribution in [2.75, 3.05) is 0 Å². The van der Waals surface area contributed by atoms with Crippen LogP contribution in [0, 0.1) is 17.3 Å². The zero-order valence-corrected chi connectivity index (χ0v) is 17.0. The van der Waals surface area contributed by atoms with Crippen molar-refractivity contribution in [3.63, 3.8) is 0 Å². The third kappa shape index (κ3) is 12.1. The lowest BCUT2D eigenvalue weighted by atomic mass is 9.80. The zero-order chi connectivity index (χ0) is 17.0. The lowest BCUT2D eigenvalue weighted by Crippen LogP contribution is -2.12. The molecule has 1 rings (SSSR count). The van der Waals surface area contributed by atoms with E-state index in [1.54, 1.807) is 0 Å². The second-order valence-corrected chi connectivity index (χ2v) is 9.56. The Morgan fingerprint density at radius 3 is 1.35 bits per heavy atom. The fourth-order valence-corrected chi connectivity index (χ4v) is 4.31. The van der Waals surface area contributed by atoms with Crippen molar-refractivity contribution in [1.82, 2.24) is 0 Å². The van der Waals surface area contributed by atoms with E-state index in [1.165, 1.54) is 103 Å². The van der Waals surface area contributed by atoms with Gasteiger partial charge in [0.15, 0.2) is 0 Å². The fraction of sp³-hybridized carbons (Fsp3) is 1.00. The zero-order valence-electron chi connectivity index (χ0n) is 17.0. The molecule has 0 nitrogen and oxygen atoms in total. The highest BCUT2D eigenvalue weighted by Crippen LogP contribution is 2.32. The summed E-state index contributed by atoms with van der Waals surface area (Å²) in [4.78, 5) is 0. The Labute approximate surface area is 148 Å². The molecule has 0 aromatic carbocycles. The molecule has 0 radical (unpaired) electrons. The van der Waals surface area contributed by atoms with Crippen molar-refractivity contribution in [3.05, 3.63) is 0 Å². The first-order valence-electron chi connectivity index (χ1n) is 11.0. The maximum atomic E-state index is 2.50. The van der Waals surface area contributed by atoms with Gasteiger partial charge in [-0.25, -0.2) is 0 Å². The van der Waals surface area contributed by atoms with Crippen molar-refractivity contribution < 1.29 is 0 Å². The van der Waals surface area contributed by atoms with E-state index in [0.717, 1.165) is 11.8 Å². The molecule has 1 aliphatic rings. The molecule has 0 aromatic heterocycles. The molecule has 1 saturated carbocycles. The third-order valence-corrected chi connectivity index (χ3v) is 6.24. The largest absolute Gasteiger partial charge is 0.0625 e. The van der Waals surface area contributed by atoms with E-state index >= 15 is 0 Å². The number of hydrogen-bond acceptors (Lipinski definition) is 0. The van der Waals surface area contributed by atoms with E-state index in [4.69, 9.17) is 0 Å². The summed E-state index contributed by atoms with van der Waals surface area (Å²) in [6.07, 6.45) is 23.5. The minimum atomic E-state index is 0.575. The van der Waals surface area contributed by atoms with E-state index < -0.39 is 0 Å². The van der Waals surface area contributed by atoms with Gasteiger partial charge in [-0.15, -0.1) is 0 Å². The predicted molar refractivity (Wildman–Crippen MR) is 106 cm³/mol. The normalized spacial score (nSPS) is 30.8. The van der Waals surface area contributed by atoms with Gasteiger partial charge in [-0.2, -0.15) is 0 Å². The van der Waals surface area contributed by atoms with E-state index in [-0.39, 0.29) is 0 Å². The van der Waals surface area contributed by atoms with Gasteiger partial charge < -0.3 is 0 Å². The molecule has 0 spiro atoms. The van der Waals surface area contributed by atoms with Gasteiger partial charge in [-0.3, -0.25) is 0 Å². The molecule has 0 heteroatoms. The van der Waals surface area contributed by atoms with Crippen LogP contribution in [0.5, 0.6) is 0 Å². The Hall–Kier alpha value is 0. The minimum absolute atomic E-state index is 0.575. The van der Waals surface area contributed by atoms with Crippen molar-refractivity contribution in [2.24, 2.45) is 17.3 Å². The van der Waals surface area contributed by atoms with Gasteiger partial charge in [0.1, 0.15) is 0 Å². The average molecular weight is 323 g/mol. The first-order valence-corrected chi connectivity index (χ1v) is 11.0. The Kier molecular flexibility index (Phi) is 11.3. The van der Waals surface area contributed by atoms with E-state index in [9.17, 15) is 0 Å². The second-order valence-electron chi connectivity index (χ2n) is 9.56. The van der Waals surface area contributed by atoms with Gasteiger partial charge in [0.05, 0.1) is 0 Å². The smallest absolute Gasteiger partial charge is 0.0354 e. The highest BCUT2D eigenvalue weighted by molar-refractivity contribution is 4.70. The average Bonchev–Trinajstić information content (AvgIpc) is 2.49. The fourth-order valence-electron chi connectivity index (χ4n) is 4.31. The molecule has 0 saturated heterocycles. The van der Waals surface area contributed by atoms with Crippen LogP contribution in [0.4, 0.5) is 0 Å². The molecule has 2 atom stereocenters. The Morgan fingerprint density at radius 1 is 0.478 bits per heavy atom. The summed E-state index contributed by atoms with van der Waals surface area (Å²) >= 11 is 0. The Balaban J connectivity index is 2.33. The van der Waals surface area contributed by atoms with Gasteiger partial charge in [0, 0.05) is 0 Å². The van der Waals surface area contributed by atoms with E-state index in [2.05, 4.69) is 27.7 Å². The topological polar surface area (TPSA) is 0 Å². The number of rotatable bonds is 0. The van der Waals surface area contributed by atoms with Gasteiger partial charge in [0.25, 0.3) is 0 Å². The van der Waals surface area contributed by atoms with Crippen LogP contribution in [0.15, 0.2) is 0 Å². The van der Waals surface area contributed by atoms with Crippen LogP contribution in [0.2, 0.25) is 0 Å². The third-order valence-electron chi connectivity index (χ3n) is 6.24. The van der Waals surface area contributed by atoms with Crippen LogP contribution < -0.4 is 0 Å². The van der Waals surface area contributed by atoms with Crippen LogP contribution in [0.1, 0.15) is 130 Å². The summed E-state index contributed by atoms with van der Waals surface area (Å²) in [6.45, 7) is 9.97. The predicted octanol–water partition coefficient (Wildman–Crippen LogP) is 8.54. The summed E-state index contributed by atoms with van der Waals surface area (Å²) < 4.78 is 0. The van der Waals surface area contributed by atoms with Crippen LogP contribution in [0.25, 0.3) is 0 Å². The molecule has 2 unspecified atom stereocenters. The highest BCUT2D eigenvalue weighted by atomic mass is 14.2. The van der Waals surface area contributed by atoms with Crippen LogP contribution in [0.3, 0.4) is 0 Å². The monoisotopic (exact) mass is 322 g/mol. The SMILES string of the molecule is CC1CCCCCCCCCC(C)CCCC(C)(C)CCCC1. The van der Waals surface area contributed by atoms with Crippen LogP contribution >= 0.6 is 0 Å². The molecule has 1 aliphatic carbocycles. The van der Waals surface area contributed by atoms with Gasteiger partial charge in [-0.1, -0.05) is 118 Å². The maximum Gasteiger partial charge on any atom is -0.0354 e. The van der Waals surface area contributed by atoms with Crippen LogP contribution in [-0.4, -0.2) is 0 Å². The van der Waals surface area contributed by atoms with Crippen LogP contribution in [-0.2, 0) is 0 Å². The lowest BCUT2D eigenvalue weighted by Gasteiger charge is -2.25. The molecule has 23 heavy (non-hydrogen) atoms. The summed E-state index contributed by atoms with van der Waals surface area (Å²) in [6, 6.07) is 0. The molecule has 0 amide bonds. The summed E-state index contributed by atoms with van der Waals surface area (Å²) in [5.74, 6) is 1.91. The molecule has 0 aromatic rings. The standard InChI is InChI=1S/C23H46/c1-21-15-10-8-6-5-7-9-11-16-22(2)18-14-20-23(3,4)19-13-12-17-21/h21-22H,5-20H2,1-4H3. The number of hydrogen-bond donors (Lipinski definition) is 0. The van der Waals surface area contributed by atoms with Crippen molar-refractivity contribution in [1.29, 1.82) is 0 Å². The molecular formula is C23H46.